The molecule has 3 N–H and O–H groups in total. The minimum atomic E-state index is -0.790. The molecule has 0 fully saturated rings. The van der Waals surface area contributed by atoms with E-state index in [0.29, 0.717) is 16.5 Å². The Morgan fingerprint density at radius 3 is 2.68 bits per heavy atom. The van der Waals surface area contributed by atoms with Gasteiger partial charge in [0, 0.05) is 10.9 Å². The van der Waals surface area contributed by atoms with Gasteiger partial charge in [0.05, 0.1) is 30.5 Å². The maximum absolute atomic E-state index is 12.5. The summed E-state index contributed by atoms with van der Waals surface area (Å²) in [5, 5.41) is 3.25. The molecule has 1 amide bonds. The summed E-state index contributed by atoms with van der Waals surface area (Å²) < 4.78 is 15.1. The fourth-order valence-corrected chi connectivity index (χ4v) is 5.00. The van der Waals surface area contributed by atoms with Gasteiger partial charge in [-0.1, -0.05) is 18.5 Å². The fraction of sp³-hybridized carbons (Fsp3) is 0.381. The number of methoxy groups -OCH3 is 2. The van der Waals surface area contributed by atoms with Crippen LogP contribution in [0.2, 0.25) is 5.02 Å². The largest absolute Gasteiger partial charge is 0.496 e. The van der Waals surface area contributed by atoms with Crippen molar-refractivity contribution in [3.05, 3.63) is 38.7 Å². The van der Waals surface area contributed by atoms with Gasteiger partial charge in [0.2, 0.25) is 0 Å². The van der Waals surface area contributed by atoms with Gasteiger partial charge in [-0.2, -0.15) is 0 Å². The lowest BCUT2D eigenvalue weighted by atomic mass is 9.88. The maximum atomic E-state index is 12.5. The zero-order chi connectivity index (χ0) is 22.7. The molecule has 3 rings (SSSR count). The number of nitrogen functional groups attached to an aromatic ring is 1. The van der Waals surface area contributed by atoms with Crippen molar-refractivity contribution in [2.24, 2.45) is 5.92 Å². The minimum absolute atomic E-state index is 0.0466. The third-order valence-electron chi connectivity index (χ3n) is 5.03. The number of halogens is 1. The summed E-state index contributed by atoms with van der Waals surface area (Å²) in [7, 11) is 2.68. The molecule has 2 aromatic rings. The zero-order valence-corrected chi connectivity index (χ0v) is 18.9. The van der Waals surface area contributed by atoms with Gasteiger partial charge < -0.3 is 25.3 Å². The van der Waals surface area contributed by atoms with E-state index in [1.165, 1.54) is 37.7 Å². The van der Waals surface area contributed by atoms with Gasteiger partial charge in [-0.25, -0.2) is 9.59 Å². The summed E-state index contributed by atoms with van der Waals surface area (Å²) >= 11 is 7.32. The van der Waals surface area contributed by atoms with E-state index in [1.54, 1.807) is 0 Å². The van der Waals surface area contributed by atoms with Crippen molar-refractivity contribution in [3.8, 4) is 5.75 Å². The molecule has 31 heavy (non-hydrogen) atoms. The highest BCUT2D eigenvalue weighted by Gasteiger charge is 2.29. The smallest absolute Gasteiger partial charge is 0.342 e. The van der Waals surface area contributed by atoms with E-state index in [2.05, 4.69) is 12.2 Å². The summed E-state index contributed by atoms with van der Waals surface area (Å²) in [5.74, 6) is -1.18. The number of esters is 2. The second-order valence-electron chi connectivity index (χ2n) is 7.25. The molecule has 166 valence electrons. The first-order valence-electron chi connectivity index (χ1n) is 9.58. The third kappa shape index (κ3) is 4.94. The number of fused-ring (bicyclic) bond motifs is 1. The molecule has 0 aliphatic heterocycles. The normalized spacial score (nSPS) is 15.0. The summed E-state index contributed by atoms with van der Waals surface area (Å²) in [6.45, 7) is 1.60. The van der Waals surface area contributed by atoms with Crippen molar-refractivity contribution in [3.63, 3.8) is 0 Å². The molecule has 0 saturated carbocycles. The summed E-state index contributed by atoms with van der Waals surface area (Å²) in [4.78, 5) is 38.2. The predicted molar refractivity (Wildman–Crippen MR) is 118 cm³/mol. The van der Waals surface area contributed by atoms with Crippen molar-refractivity contribution < 1.29 is 28.6 Å². The van der Waals surface area contributed by atoms with Crippen LogP contribution < -0.4 is 15.8 Å². The van der Waals surface area contributed by atoms with Crippen LogP contribution in [-0.2, 0) is 27.1 Å². The van der Waals surface area contributed by atoms with Gasteiger partial charge in [0.25, 0.3) is 5.91 Å². The van der Waals surface area contributed by atoms with E-state index in [-0.39, 0.29) is 22.0 Å². The number of anilines is 2. The second-order valence-corrected chi connectivity index (χ2v) is 8.76. The lowest BCUT2D eigenvalue weighted by molar-refractivity contribution is -0.119. The molecule has 8 nitrogen and oxygen atoms in total. The van der Waals surface area contributed by atoms with Crippen LogP contribution in [0, 0.1) is 5.92 Å². The van der Waals surface area contributed by atoms with Crippen molar-refractivity contribution in [2.75, 3.05) is 31.9 Å². The first-order valence-corrected chi connectivity index (χ1v) is 10.8. The Labute approximate surface area is 188 Å². The summed E-state index contributed by atoms with van der Waals surface area (Å²) in [5.41, 5.74) is 7.30. The molecule has 1 aliphatic rings. The van der Waals surface area contributed by atoms with Gasteiger partial charge in [-0.05, 0) is 36.8 Å². The molecule has 10 heteroatoms. The molecule has 0 saturated heterocycles. The minimum Gasteiger partial charge on any atom is -0.496 e. The lowest BCUT2D eigenvalue weighted by Gasteiger charge is -2.18. The number of carbonyl (C=O) groups excluding carboxylic acids is 3. The Balaban J connectivity index is 1.72. The van der Waals surface area contributed by atoms with Crippen molar-refractivity contribution in [2.45, 2.75) is 26.2 Å². The van der Waals surface area contributed by atoms with Crippen LogP contribution in [0.25, 0.3) is 0 Å². The van der Waals surface area contributed by atoms with Crippen molar-refractivity contribution in [1.82, 2.24) is 0 Å². The molecule has 1 aromatic heterocycles. The SMILES string of the molecule is COC(=O)c1c(NC(=O)COC(=O)c2cc(Cl)c(N)cc2OC)sc2c1CCC(C)C2. The quantitative estimate of drug-likeness (QED) is 0.492. The van der Waals surface area contributed by atoms with Crippen LogP contribution in [0.15, 0.2) is 12.1 Å². The summed E-state index contributed by atoms with van der Waals surface area (Å²) in [6, 6.07) is 2.72. The van der Waals surface area contributed by atoms with E-state index in [4.69, 9.17) is 31.5 Å². The molecule has 1 aromatic carbocycles. The molecule has 1 unspecified atom stereocenters. The molecular formula is C21H23ClN2O6S. The number of hydrogen-bond acceptors (Lipinski definition) is 8. The highest BCUT2D eigenvalue weighted by Crippen LogP contribution is 2.40. The average molecular weight is 467 g/mol. The average Bonchev–Trinajstić information content (AvgIpc) is 3.09. The predicted octanol–water partition coefficient (Wildman–Crippen LogP) is 3.70. The first kappa shape index (κ1) is 22.9. The van der Waals surface area contributed by atoms with Crippen molar-refractivity contribution in [1.29, 1.82) is 0 Å². The monoisotopic (exact) mass is 466 g/mol. The van der Waals surface area contributed by atoms with E-state index >= 15 is 0 Å². The number of amides is 1. The lowest BCUT2D eigenvalue weighted by Crippen LogP contribution is -2.22. The number of benzene rings is 1. The van der Waals surface area contributed by atoms with Crippen molar-refractivity contribution >= 4 is 51.5 Å². The number of nitrogens with one attached hydrogen (secondary N) is 1. The Morgan fingerprint density at radius 1 is 1.26 bits per heavy atom. The fourth-order valence-electron chi connectivity index (χ4n) is 3.43. The third-order valence-corrected chi connectivity index (χ3v) is 6.52. The van der Waals surface area contributed by atoms with E-state index in [1.807, 2.05) is 0 Å². The standard InChI is InChI=1S/C21H23ClN2O6S/c1-10-4-5-11-16(6-10)31-19(18(11)21(27)29-3)24-17(25)9-30-20(26)12-7-13(22)14(23)8-15(12)28-2/h7-8,10H,4-6,9,23H2,1-3H3,(H,24,25). The second kappa shape index (κ2) is 9.57. The Hall–Kier alpha value is -2.78. The topological polar surface area (TPSA) is 117 Å². The van der Waals surface area contributed by atoms with Gasteiger partial charge in [0.1, 0.15) is 16.3 Å². The molecule has 1 aliphatic carbocycles. The van der Waals surface area contributed by atoms with Crippen LogP contribution in [0.4, 0.5) is 10.7 Å². The van der Waals surface area contributed by atoms with E-state index in [0.717, 1.165) is 29.7 Å². The molecular weight excluding hydrogens is 444 g/mol. The molecule has 1 heterocycles. The maximum Gasteiger partial charge on any atom is 0.342 e. The number of ether oxygens (including phenoxy) is 3. The van der Waals surface area contributed by atoms with Crippen LogP contribution in [0.3, 0.4) is 0 Å². The number of nitrogens with two attached hydrogens (primary N) is 1. The van der Waals surface area contributed by atoms with Gasteiger partial charge in [0.15, 0.2) is 6.61 Å². The van der Waals surface area contributed by atoms with Gasteiger partial charge >= 0.3 is 11.9 Å². The van der Waals surface area contributed by atoms with Crippen LogP contribution in [-0.4, -0.2) is 38.7 Å². The highest BCUT2D eigenvalue weighted by atomic mass is 35.5. The number of carbonyl (C=O) groups is 3. The number of rotatable bonds is 6. The van der Waals surface area contributed by atoms with Crippen LogP contribution in [0.1, 0.15) is 44.5 Å². The number of thiophene rings is 1. The van der Waals surface area contributed by atoms with Crippen LogP contribution in [0.5, 0.6) is 5.75 Å². The van der Waals surface area contributed by atoms with E-state index in [9.17, 15) is 14.4 Å². The highest BCUT2D eigenvalue weighted by molar-refractivity contribution is 7.17. The van der Waals surface area contributed by atoms with E-state index < -0.39 is 24.5 Å². The summed E-state index contributed by atoms with van der Waals surface area (Å²) in [6.07, 6.45) is 2.55. The Kier molecular flexibility index (Phi) is 7.07. The zero-order valence-electron chi connectivity index (χ0n) is 17.4. The molecule has 0 radical (unpaired) electrons. The van der Waals surface area contributed by atoms with Crippen LogP contribution >= 0.6 is 22.9 Å². The Morgan fingerprint density at radius 2 is 2.00 bits per heavy atom. The number of hydrogen-bond donors (Lipinski definition) is 2. The molecule has 0 spiro atoms. The molecule has 0 bridgehead atoms. The Bertz CT molecular complexity index is 1040. The molecule has 1 atom stereocenters. The van der Waals surface area contributed by atoms with Gasteiger partial charge in [-0.3, -0.25) is 4.79 Å². The van der Waals surface area contributed by atoms with Gasteiger partial charge in [-0.15, -0.1) is 11.3 Å². The first-order chi connectivity index (χ1) is 14.7.